The van der Waals surface area contributed by atoms with Crippen molar-refractivity contribution in [2.75, 3.05) is 20.3 Å². The quantitative estimate of drug-likeness (QED) is 0.850. The number of rotatable bonds is 7. The Labute approximate surface area is 124 Å². The van der Waals surface area contributed by atoms with Gasteiger partial charge in [-0.05, 0) is 25.1 Å². The lowest BCUT2D eigenvalue weighted by atomic mass is 10.1. The van der Waals surface area contributed by atoms with E-state index in [1.165, 1.54) is 0 Å². The van der Waals surface area contributed by atoms with Crippen molar-refractivity contribution in [2.45, 2.75) is 13.0 Å². The van der Waals surface area contributed by atoms with Gasteiger partial charge >= 0.3 is 0 Å². The third-order valence-electron chi connectivity index (χ3n) is 3.03. The van der Waals surface area contributed by atoms with Crippen molar-refractivity contribution in [2.24, 2.45) is 0 Å². The van der Waals surface area contributed by atoms with Crippen molar-refractivity contribution < 1.29 is 19.3 Å². The molecule has 2 aromatic carbocycles. The first-order valence-corrected chi connectivity index (χ1v) is 6.91. The SMILES string of the molecule is CCOc1ccccc1C(O)COc1cccc(OC)c1. The molecule has 0 saturated heterocycles. The molecule has 112 valence electrons. The summed E-state index contributed by atoms with van der Waals surface area (Å²) in [5.41, 5.74) is 0.724. The molecule has 0 amide bonds. The second-order valence-corrected chi connectivity index (χ2v) is 4.48. The number of methoxy groups -OCH3 is 1. The zero-order chi connectivity index (χ0) is 15.1. The molecule has 0 aliphatic carbocycles. The van der Waals surface area contributed by atoms with E-state index in [-0.39, 0.29) is 6.61 Å². The van der Waals surface area contributed by atoms with Gasteiger partial charge in [0, 0.05) is 11.6 Å². The molecule has 0 radical (unpaired) electrons. The van der Waals surface area contributed by atoms with Gasteiger partial charge in [0.05, 0.1) is 13.7 Å². The van der Waals surface area contributed by atoms with E-state index in [4.69, 9.17) is 14.2 Å². The highest BCUT2D eigenvalue weighted by atomic mass is 16.5. The van der Waals surface area contributed by atoms with Crippen molar-refractivity contribution >= 4 is 0 Å². The summed E-state index contributed by atoms with van der Waals surface area (Å²) < 4.78 is 16.3. The lowest BCUT2D eigenvalue weighted by Crippen LogP contribution is -2.11. The zero-order valence-corrected chi connectivity index (χ0v) is 12.3. The molecule has 4 heteroatoms. The van der Waals surface area contributed by atoms with E-state index in [1.807, 2.05) is 49.4 Å². The highest BCUT2D eigenvalue weighted by Crippen LogP contribution is 2.26. The number of benzene rings is 2. The molecule has 2 aromatic rings. The molecule has 0 aliphatic heterocycles. The molecule has 0 saturated carbocycles. The monoisotopic (exact) mass is 288 g/mol. The molecule has 0 heterocycles. The van der Waals surface area contributed by atoms with Gasteiger partial charge in [0.1, 0.15) is 30.0 Å². The van der Waals surface area contributed by atoms with Crippen LogP contribution in [0.5, 0.6) is 17.2 Å². The van der Waals surface area contributed by atoms with Crippen molar-refractivity contribution in [3.63, 3.8) is 0 Å². The standard InChI is InChI=1S/C17H20O4/c1-3-20-17-10-5-4-9-15(17)16(18)12-21-14-8-6-7-13(11-14)19-2/h4-11,16,18H,3,12H2,1-2H3. The summed E-state index contributed by atoms with van der Waals surface area (Å²) in [6, 6.07) is 14.7. The molecule has 1 unspecified atom stereocenters. The van der Waals surface area contributed by atoms with Gasteiger partial charge in [0.2, 0.25) is 0 Å². The molecular weight excluding hydrogens is 268 g/mol. The van der Waals surface area contributed by atoms with E-state index in [0.29, 0.717) is 18.1 Å². The Morgan fingerprint density at radius 2 is 1.76 bits per heavy atom. The van der Waals surface area contributed by atoms with Crippen LogP contribution in [0.15, 0.2) is 48.5 Å². The number of aliphatic hydroxyl groups is 1. The highest BCUT2D eigenvalue weighted by Gasteiger charge is 2.14. The van der Waals surface area contributed by atoms with Crippen LogP contribution in [0, 0.1) is 0 Å². The van der Waals surface area contributed by atoms with E-state index in [1.54, 1.807) is 13.2 Å². The Morgan fingerprint density at radius 3 is 2.52 bits per heavy atom. The number of ether oxygens (including phenoxy) is 3. The van der Waals surface area contributed by atoms with E-state index >= 15 is 0 Å². The third kappa shape index (κ3) is 4.13. The molecule has 2 rings (SSSR count). The Balaban J connectivity index is 2.02. The Bertz CT molecular complexity index is 568. The summed E-state index contributed by atoms with van der Waals surface area (Å²) in [6.45, 7) is 2.62. The first-order chi connectivity index (χ1) is 10.2. The summed E-state index contributed by atoms with van der Waals surface area (Å²) in [6.07, 6.45) is -0.751. The largest absolute Gasteiger partial charge is 0.497 e. The second kappa shape index (κ2) is 7.55. The van der Waals surface area contributed by atoms with Gasteiger partial charge in [-0.3, -0.25) is 0 Å². The maximum Gasteiger partial charge on any atom is 0.125 e. The van der Waals surface area contributed by atoms with Gasteiger partial charge in [-0.1, -0.05) is 24.3 Å². The van der Waals surface area contributed by atoms with Crippen LogP contribution in [-0.4, -0.2) is 25.4 Å². The van der Waals surface area contributed by atoms with Crippen LogP contribution in [0.1, 0.15) is 18.6 Å². The molecule has 0 bridgehead atoms. The van der Waals surface area contributed by atoms with Crippen molar-refractivity contribution in [3.8, 4) is 17.2 Å². The molecule has 1 atom stereocenters. The van der Waals surface area contributed by atoms with Crippen molar-refractivity contribution in [1.82, 2.24) is 0 Å². The maximum atomic E-state index is 10.3. The highest BCUT2D eigenvalue weighted by molar-refractivity contribution is 5.36. The van der Waals surface area contributed by atoms with Crippen LogP contribution >= 0.6 is 0 Å². The Morgan fingerprint density at radius 1 is 1.00 bits per heavy atom. The van der Waals surface area contributed by atoms with E-state index in [9.17, 15) is 5.11 Å². The molecule has 1 N–H and O–H groups in total. The first-order valence-electron chi connectivity index (χ1n) is 6.91. The van der Waals surface area contributed by atoms with Crippen LogP contribution in [0.3, 0.4) is 0 Å². The summed E-state index contributed by atoms with van der Waals surface area (Å²) in [5.74, 6) is 2.06. The smallest absolute Gasteiger partial charge is 0.125 e. The molecule has 0 aromatic heterocycles. The minimum atomic E-state index is -0.751. The van der Waals surface area contributed by atoms with E-state index < -0.39 is 6.10 Å². The molecule has 0 fully saturated rings. The normalized spacial score (nSPS) is 11.8. The summed E-state index contributed by atoms with van der Waals surface area (Å²) in [5, 5.41) is 10.3. The van der Waals surface area contributed by atoms with Gasteiger partial charge in [0.25, 0.3) is 0 Å². The fourth-order valence-electron chi connectivity index (χ4n) is 2.00. The number of aliphatic hydroxyl groups excluding tert-OH is 1. The lowest BCUT2D eigenvalue weighted by molar-refractivity contribution is 0.105. The zero-order valence-electron chi connectivity index (χ0n) is 12.3. The average molecular weight is 288 g/mol. The minimum absolute atomic E-state index is 0.150. The number of hydrogen-bond donors (Lipinski definition) is 1. The van der Waals surface area contributed by atoms with Crippen LogP contribution in [0.2, 0.25) is 0 Å². The number of hydrogen-bond acceptors (Lipinski definition) is 4. The fourth-order valence-corrected chi connectivity index (χ4v) is 2.00. The topological polar surface area (TPSA) is 47.9 Å². The third-order valence-corrected chi connectivity index (χ3v) is 3.03. The van der Waals surface area contributed by atoms with Gasteiger partial charge in [0.15, 0.2) is 0 Å². The van der Waals surface area contributed by atoms with Crippen LogP contribution in [0.25, 0.3) is 0 Å². The summed E-state index contributed by atoms with van der Waals surface area (Å²) >= 11 is 0. The predicted molar refractivity (Wildman–Crippen MR) is 81.1 cm³/mol. The Hall–Kier alpha value is -2.20. The van der Waals surface area contributed by atoms with Crippen LogP contribution in [0.4, 0.5) is 0 Å². The molecular formula is C17H20O4. The molecule has 21 heavy (non-hydrogen) atoms. The molecule has 0 spiro atoms. The van der Waals surface area contributed by atoms with Crippen molar-refractivity contribution in [1.29, 1.82) is 0 Å². The van der Waals surface area contributed by atoms with Gasteiger partial charge < -0.3 is 19.3 Å². The van der Waals surface area contributed by atoms with E-state index in [0.717, 1.165) is 11.3 Å². The number of para-hydroxylation sites is 1. The minimum Gasteiger partial charge on any atom is -0.497 e. The maximum absolute atomic E-state index is 10.3. The van der Waals surface area contributed by atoms with E-state index in [2.05, 4.69) is 0 Å². The predicted octanol–water partition coefficient (Wildman–Crippen LogP) is 3.21. The summed E-state index contributed by atoms with van der Waals surface area (Å²) in [4.78, 5) is 0. The first kappa shape index (κ1) is 15.2. The second-order valence-electron chi connectivity index (χ2n) is 4.48. The van der Waals surface area contributed by atoms with Crippen LogP contribution < -0.4 is 14.2 Å². The Kier molecular flexibility index (Phi) is 5.46. The van der Waals surface area contributed by atoms with Gasteiger partial charge in [-0.2, -0.15) is 0 Å². The summed E-state index contributed by atoms with van der Waals surface area (Å²) in [7, 11) is 1.60. The van der Waals surface area contributed by atoms with Crippen molar-refractivity contribution in [3.05, 3.63) is 54.1 Å². The molecule has 4 nitrogen and oxygen atoms in total. The molecule has 0 aliphatic rings. The lowest BCUT2D eigenvalue weighted by Gasteiger charge is -2.16. The fraction of sp³-hybridized carbons (Fsp3) is 0.294. The van der Waals surface area contributed by atoms with Crippen LogP contribution in [-0.2, 0) is 0 Å². The van der Waals surface area contributed by atoms with Gasteiger partial charge in [-0.25, -0.2) is 0 Å². The van der Waals surface area contributed by atoms with Gasteiger partial charge in [-0.15, -0.1) is 0 Å². The average Bonchev–Trinajstić information content (AvgIpc) is 2.53.